The Bertz CT molecular complexity index is 805. The quantitative estimate of drug-likeness (QED) is 0.435. The van der Waals surface area contributed by atoms with Gasteiger partial charge in [-0.05, 0) is 122 Å². The van der Waals surface area contributed by atoms with E-state index in [1.807, 2.05) is 0 Å². The molecule has 0 aromatic heterocycles. The van der Waals surface area contributed by atoms with Crippen LogP contribution in [-0.4, -0.2) is 22.9 Å². The van der Waals surface area contributed by atoms with Crippen LogP contribution in [0.25, 0.3) is 0 Å². The van der Waals surface area contributed by atoms with Crippen molar-refractivity contribution >= 4 is 0 Å². The molecule has 2 nitrogen and oxygen atoms in total. The molecule has 0 aliphatic heterocycles. The minimum absolute atomic E-state index is 0.124. The predicted octanol–water partition coefficient (Wildman–Crippen LogP) is 7.39. The van der Waals surface area contributed by atoms with E-state index in [0.717, 1.165) is 30.6 Å². The fourth-order valence-corrected chi connectivity index (χ4v) is 11.9. The zero-order valence-corrected chi connectivity index (χ0v) is 22.6. The molecule has 33 heavy (non-hydrogen) atoms. The van der Waals surface area contributed by atoms with Gasteiger partial charge < -0.3 is 10.2 Å². The van der Waals surface area contributed by atoms with Crippen LogP contribution in [0.4, 0.5) is 0 Å². The van der Waals surface area contributed by atoms with Crippen LogP contribution in [0.5, 0.6) is 0 Å². The topological polar surface area (TPSA) is 40.5 Å². The van der Waals surface area contributed by atoms with Crippen LogP contribution in [-0.2, 0) is 0 Å². The Hall–Kier alpha value is -0.340. The monoisotopic (exact) mass is 456 g/mol. The molecule has 2 N–H and O–H groups in total. The highest BCUT2D eigenvalue weighted by Crippen LogP contribution is 2.77. The van der Waals surface area contributed by atoms with Gasteiger partial charge in [0.1, 0.15) is 0 Å². The number of aliphatic hydroxyl groups excluding tert-OH is 2. The van der Waals surface area contributed by atoms with Crippen LogP contribution in [0.1, 0.15) is 112 Å². The van der Waals surface area contributed by atoms with Crippen molar-refractivity contribution in [2.45, 2.75) is 118 Å². The van der Waals surface area contributed by atoms with E-state index < -0.39 is 0 Å². The summed E-state index contributed by atoms with van der Waals surface area (Å²) in [5.74, 6) is 3.53. The molecular formula is C31H52O2. The lowest BCUT2D eigenvalue weighted by Gasteiger charge is -2.73. The van der Waals surface area contributed by atoms with Gasteiger partial charge in [0, 0.05) is 5.41 Å². The number of hydrogen-bond acceptors (Lipinski definition) is 2. The summed E-state index contributed by atoms with van der Waals surface area (Å²) in [4.78, 5) is 0. The lowest BCUT2D eigenvalue weighted by molar-refractivity contribution is -0.254. The molecule has 0 spiro atoms. The zero-order chi connectivity index (χ0) is 24.0. The van der Waals surface area contributed by atoms with Gasteiger partial charge in [-0.3, -0.25) is 0 Å². The van der Waals surface area contributed by atoms with E-state index in [1.54, 1.807) is 0 Å². The van der Waals surface area contributed by atoms with Crippen LogP contribution in [0.2, 0.25) is 0 Å². The molecule has 188 valence electrons. The minimum Gasteiger partial charge on any atom is -0.396 e. The van der Waals surface area contributed by atoms with Gasteiger partial charge in [-0.25, -0.2) is 0 Å². The normalized spacial score (nSPS) is 58.1. The Morgan fingerprint density at radius 3 is 2.21 bits per heavy atom. The van der Waals surface area contributed by atoms with Gasteiger partial charge in [-0.15, -0.1) is 0 Å². The van der Waals surface area contributed by atoms with Crippen molar-refractivity contribution < 1.29 is 10.2 Å². The molecule has 5 saturated carbocycles. The van der Waals surface area contributed by atoms with E-state index in [2.05, 4.69) is 48.1 Å². The number of aliphatic hydroxyl groups is 2. The molecule has 0 bridgehead atoms. The standard InChI is InChI=1S/C31H52O2/c1-8-31-16-11-21(20(2)3)26(31)22-9-10-24-27(4)14-13-25(33)28(5,19-32)23(27)12-15-30(24,7)29(22,6)17-18-31/h21-26,32-33H,2,8-19H2,1,3-7H3/t21-,22?,23+,24?,25-,26?,27-,28-,29+,30+,31+/m0/s1. The zero-order valence-electron chi connectivity index (χ0n) is 22.6. The fourth-order valence-electron chi connectivity index (χ4n) is 11.9. The van der Waals surface area contributed by atoms with Gasteiger partial charge in [0.2, 0.25) is 0 Å². The Balaban J connectivity index is 1.55. The largest absolute Gasteiger partial charge is 0.396 e. The molecule has 3 unspecified atom stereocenters. The highest BCUT2D eigenvalue weighted by atomic mass is 16.3. The van der Waals surface area contributed by atoms with Crippen molar-refractivity contribution in [1.82, 2.24) is 0 Å². The van der Waals surface area contributed by atoms with Crippen molar-refractivity contribution in [3.63, 3.8) is 0 Å². The summed E-state index contributed by atoms with van der Waals surface area (Å²) in [7, 11) is 0. The molecule has 0 amide bonds. The molecule has 0 heterocycles. The first-order chi connectivity index (χ1) is 15.4. The third-order valence-corrected chi connectivity index (χ3v) is 14.1. The molecule has 5 aliphatic carbocycles. The Morgan fingerprint density at radius 2 is 1.58 bits per heavy atom. The smallest absolute Gasteiger partial charge is 0.0618 e. The van der Waals surface area contributed by atoms with E-state index >= 15 is 0 Å². The molecule has 0 aromatic rings. The maximum atomic E-state index is 11.0. The molecule has 0 aromatic carbocycles. The fraction of sp³-hybridized carbons (Fsp3) is 0.935. The number of hydrogen-bond donors (Lipinski definition) is 2. The van der Waals surface area contributed by atoms with E-state index in [1.165, 1.54) is 63.4 Å². The van der Waals surface area contributed by atoms with Crippen LogP contribution >= 0.6 is 0 Å². The maximum Gasteiger partial charge on any atom is 0.0618 e. The van der Waals surface area contributed by atoms with Gasteiger partial charge >= 0.3 is 0 Å². The van der Waals surface area contributed by atoms with E-state index in [4.69, 9.17) is 0 Å². The average molecular weight is 457 g/mol. The summed E-state index contributed by atoms with van der Waals surface area (Å²) in [6.07, 6.45) is 13.8. The lowest BCUT2D eigenvalue weighted by atomic mass is 9.32. The number of rotatable bonds is 3. The molecule has 11 atom stereocenters. The van der Waals surface area contributed by atoms with Gasteiger partial charge in [0.05, 0.1) is 12.7 Å². The second-order valence-corrected chi connectivity index (χ2v) is 14.6. The second kappa shape index (κ2) is 7.58. The van der Waals surface area contributed by atoms with Gasteiger partial charge in [0.25, 0.3) is 0 Å². The molecular weight excluding hydrogens is 404 g/mol. The number of fused-ring (bicyclic) bond motifs is 7. The van der Waals surface area contributed by atoms with Crippen molar-refractivity contribution in [1.29, 1.82) is 0 Å². The van der Waals surface area contributed by atoms with E-state index in [-0.39, 0.29) is 23.5 Å². The van der Waals surface area contributed by atoms with Gasteiger partial charge in [0.15, 0.2) is 0 Å². The Kier molecular flexibility index (Phi) is 5.60. The van der Waals surface area contributed by atoms with Crippen LogP contribution < -0.4 is 0 Å². The van der Waals surface area contributed by atoms with Crippen LogP contribution in [0.15, 0.2) is 12.2 Å². The maximum absolute atomic E-state index is 11.0. The molecule has 0 radical (unpaired) electrons. The van der Waals surface area contributed by atoms with Crippen LogP contribution in [0.3, 0.4) is 0 Å². The minimum atomic E-state index is -0.355. The van der Waals surface area contributed by atoms with E-state index in [9.17, 15) is 10.2 Å². The lowest BCUT2D eigenvalue weighted by Crippen LogP contribution is -2.67. The Morgan fingerprint density at radius 1 is 0.848 bits per heavy atom. The SMILES string of the molecule is C=C(C)[C@@H]1CC[C@]2(CC)CC[C@]3(C)C(CCC4[C@@]5(C)CC[C@H](O)[C@@](C)(CO)[C@@H]5CC[C@]43C)C12. The Labute approximate surface area is 204 Å². The van der Waals surface area contributed by atoms with Crippen LogP contribution in [0, 0.1) is 56.7 Å². The molecule has 0 saturated heterocycles. The first-order valence-corrected chi connectivity index (χ1v) is 14.4. The summed E-state index contributed by atoms with van der Waals surface area (Å²) in [6.45, 7) is 19.6. The number of allylic oxidation sites excluding steroid dienone is 1. The second-order valence-electron chi connectivity index (χ2n) is 14.6. The highest BCUT2D eigenvalue weighted by molar-refractivity contribution is 5.21. The van der Waals surface area contributed by atoms with Crippen molar-refractivity contribution in [2.75, 3.05) is 6.61 Å². The molecule has 2 heteroatoms. The summed E-state index contributed by atoms with van der Waals surface area (Å²) >= 11 is 0. The molecule has 5 rings (SSSR count). The first-order valence-electron chi connectivity index (χ1n) is 14.4. The first kappa shape index (κ1) is 24.4. The highest BCUT2D eigenvalue weighted by Gasteiger charge is 2.70. The summed E-state index contributed by atoms with van der Waals surface area (Å²) in [5, 5.41) is 21.4. The summed E-state index contributed by atoms with van der Waals surface area (Å²) < 4.78 is 0. The third-order valence-electron chi connectivity index (χ3n) is 14.1. The summed E-state index contributed by atoms with van der Waals surface area (Å²) in [6, 6.07) is 0. The van der Waals surface area contributed by atoms with Gasteiger partial charge in [-0.2, -0.15) is 0 Å². The van der Waals surface area contributed by atoms with Gasteiger partial charge in [-0.1, -0.05) is 53.2 Å². The van der Waals surface area contributed by atoms with Crippen molar-refractivity contribution in [3.8, 4) is 0 Å². The predicted molar refractivity (Wildman–Crippen MR) is 137 cm³/mol. The molecule has 5 fully saturated rings. The third kappa shape index (κ3) is 2.86. The van der Waals surface area contributed by atoms with Crippen molar-refractivity contribution in [3.05, 3.63) is 12.2 Å². The van der Waals surface area contributed by atoms with E-state index in [0.29, 0.717) is 28.1 Å². The molecule has 5 aliphatic rings. The average Bonchev–Trinajstić information content (AvgIpc) is 3.17. The summed E-state index contributed by atoms with van der Waals surface area (Å²) in [5.41, 5.74) is 2.66. The van der Waals surface area contributed by atoms with Crippen molar-refractivity contribution in [2.24, 2.45) is 56.7 Å².